The van der Waals surface area contributed by atoms with Gasteiger partial charge in [-0.25, -0.2) is 4.98 Å². The average Bonchev–Trinajstić information content (AvgIpc) is 2.38. The SMILES string of the molecule is CC(=O)Oc1ccccc1C(=O)Nc1cc(C)ccn1. The van der Waals surface area contributed by atoms with E-state index in [1.165, 1.54) is 6.92 Å². The molecule has 2 rings (SSSR count). The number of para-hydroxylation sites is 1. The Labute approximate surface area is 116 Å². The van der Waals surface area contributed by atoms with Gasteiger partial charge in [0.15, 0.2) is 0 Å². The lowest BCUT2D eigenvalue weighted by atomic mass is 10.2. The van der Waals surface area contributed by atoms with E-state index in [1.54, 1.807) is 36.5 Å². The van der Waals surface area contributed by atoms with Gasteiger partial charge in [0.2, 0.25) is 0 Å². The zero-order chi connectivity index (χ0) is 14.5. The maximum absolute atomic E-state index is 12.2. The zero-order valence-corrected chi connectivity index (χ0v) is 11.2. The average molecular weight is 270 g/mol. The first kappa shape index (κ1) is 13.7. The van der Waals surface area contributed by atoms with Crippen molar-refractivity contribution in [3.63, 3.8) is 0 Å². The minimum atomic E-state index is -0.473. The van der Waals surface area contributed by atoms with Gasteiger partial charge in [0.1, 0.15) is 11.6 Å². The molecule has 0 atom stereocenters. The lowest BCUT2D eigenvalue weighted by Gasteiger charge is -2.09. The summed E-state index contributed by atoms with van der Waals surface area (Å²) in [6, 6.07) is 10.1. The van der Waals surface area contributed by atoms with Gasteiger partial charge in [-0.15, -0.1) is 0 Å². The predicted molar refractivity (Wildman–Crippen MR) is 74.7 cm³/mol. The largest absolute Gasteiger partial charge is 0.426 e. The van der Waals surface area contributed by atoms with Gasteiger partial charge in [-0.1, -0.05) is 12.1 Å². The van der Waals surface area contributed by atoms with E-state index >= 15 is 0 Å². The van der Waals surface area contributed by atoms with Gasteiger partial charge in [-0.2, -0.15) is 0 Å². The van der Waals surface area contributed by atoms with Crippen LogP contribution < -0.4 is 10.1 Å². The second-order valence-corrected chi connectivity index (χ2v) is 4.26. The van der Waals surface area contributed by atoms with E-state index < -0.39 is 5.97 Å². The summed E-state index contributed by atoms with van der Waals surface area (Å²) in [6.07, 6.45) is 1.61. The van der Waals surface area contributed by atoms with Crippen molar-refractivity contribution < 1.29 is 14.3 Å². The van der Waals surface area contributed by atoms with Crippen molar-refractivity contribution in [2.75, 3.05) is 5.32 Å². The molecule has 0 saturated carbocycles. The van der Waals surface area contributed by atoms with Crippen molar-refractivity contribution in [1.29, 1.82) is 0 Å². The molecule has 0 radical (unpaired) electrons. The predicted octanol–water partition coefficient (Wildman–Crippen LogP) is 2.57. The van der Waals surface area contributed by atoms with Crippen LogP contribution in [0.2, 0.25) is 0 Å². The lowest BCUT2D eigenvalue weighted by molar-refractivity contribution is -0.131. The van der Waals surface area contributed by atoms with Crippen LogP contribution in [-0.2, 0) is 4.79 Å². The van der Waals surface area contributed by atoms with Gasteiger partial charge in [0.05, 0.1) is 5.56 Å². The molecule has 20 heavy (non-hydrogen) atoms. The fourth-order valence-corrected chi connectivity index (χ4v) is 1.69. The smallest absolute Gasteiger partial charge is 0.308 e. The van der Waals surface area contributed by atoms with Crippen LogP contribution in [0, 0.1) is 6.92 Å². The Balaban J connectivity index is 2.23. The first-order chi connectivity index (χ1) is 9.56. The maximum Gasteiger partial charge on any atom is 0.308 e. The molecule has 1 aromatic carbocycles. The van der Waals surface area contributed by atoms with E-state index in [2.05, 4.69) is 10.3 Å². The number of hydrogen-bond donors (Lipinski definition) is 1. The number of hydrogen-bond acceptors (Lipinski definition) is 4. The summed E-state index contributed by atoms with van der Waals surface area (Å²) in [5, 5.41) is 2.67. The van der Waals surface area contributed by atoms with Gasteiger partial charge < -0.3 is 10.1 Å². The maximum atomic E-state index is 12.2. The number of amides is 1. The molecule has 1 heterocycles. The van der Waals surface area contributed by atoms with E-state index in [0.717, 1.165) is 5.56 Å². The van der Waals surface area contributed by atoms with Crippen LogP contribution in [0.1, 0.15) is 22.8 Å². The topological polar surface area (TPSA) is 68.3 Å². The normalized spacial score (nSPS) is 9.90. The third-order valence-corrected chi connectivity index (χ3v) is 2.54. The van der Waals surface area contributed by atoms with Crippen LogP contribution in [-0.4, -0.2) is 16.9 Å². The number of nitrogens with one attached hydrogen (secondary N) is 1. The number of rotatable bonds is 3. The number of ether oxygens (including phenoxy) is 1. The highest BCUT2D eigenvalue weighted by molar-refractivity contribution is 6.06. The molecule has 0 aliphatic carbocycles. The summed E-state index contributed by atoms with van der Waals surface area (Å²) in [7, 11) is 0. The molecule has 102 valence electrons. The molecular weight excluding hydrogens is 256 g/mol. The summed E-state index contributed by atoms with van der Waals surface area (Å²) < 4.78 is 5.01. The number of nitrogens with zero attached hydrogens (tertiary/aromatic N) is 1. The standard InChI is InChI=1S/C15H14N2O3/c1-10-7-8-16-14(9-10)17-15(19)12-5-3-4-6-13(12)20-11(2)18/h3-9H,1-2H3,(H,16,17,19). The third-order valence-electron chi connectivity index (χ3n) is 2.54. The fraction of sp³-hybridized carbons (Fsp3) is 0.133. The second-order valence-electron chi connectivity index (χ2n) is 4.26. The number of esters is 1. The van der Waals surface area contributed by atoms with E-state index in [4.69, 9.17) is 4.74 Å². The number of aromatic nitrogens is 1. The highest BCUT2D eigenvalue weighted by Crippen LogP contribution is 2.19. The number of pyridine rings is 1. The summed E-state index contributed by atoms with van der Waals surface area (Å²) in [4.78, 5) is 27.3. The van der Waals surface area contributed by atoms with Crippen LogP contribution in [0.25, 0.3) is 0 Å². The molecule has 0 bridgehead atoms. The van der Waals surface area contributed by atoms with E-state index in [-0.39, 0.29) is 17.2 Å². The summed E-state index contributed by atoms with van der Waals surface area (Å²) >= 11 is 0. The molecule has 0 saturated heterocycles. The Morgan fingerprint density at radius 3 is 2.65 bits per heavy atom. The summed E-state index contributed by atoms with van der Waals surface area (Å²) in [5.41, 5.74) is 1.27. The molecule has 0 aliphatic heterocycles. The molecule has 0 aliphatic rings. The number of benzene rings is 1. The van der Waals surface area contributed by atoms with Crippen molar-refractivity contribution in [2.45, 2.75) is 13.8 Å². The molecule has 2 aromatic rings. The number of carbonyl (C=O) groups excluding carboxylic acids is 2. The number of anilines is 1. The van der Waals surface area contributed by atoms with Gasteiger partial charge in [0.25, 0.3) is 5.91 Å². The van der Waals surface area contributed by atoms with E-state index in [0.29, 0.717) is 5.82 Å². The first-order valence-corrected chi connectivity index (χ1v) is 6.08. The van der Waals surface area contributed by atoms with Crippen molar-refractivity contribution in [1.82, 2.24) is 4.98 Å². The van der Waals surface area contributed by atoms with Crippen molar-refractivity contribution in [3.8, 4) is 5.75 Å². The number of aryl methyl sites for hydroxylation is 1. The Bertz CT molecular complexity index is 653. The van der Waals surface area contributed by atoms with Crippen LogP contribution in [0.4, 0.5) is 5.82 Å². The molecule has 1 aromatic heterocycles. The van der Waals surface area contributed by atoms with Gasteiger partial charge in [-0.3, -0.25) is 9.59 Å². The first-order valence-electron chi connectivity index (χ1n) is 6.08. The molecule has 5 nitrogen and oxygen atoms in total. The van der Waals surface area contributed by atoms with Crippen molar-refractivity contribution in [2.24, 2.45) is 0 Å². The number of carbonyl (C=O) groups is 2. The molecular formula is C15H14N2O3. The fourth-order valence-electron chi connectivity index (χ4n) is 1.69. The molecule has 0 fully saturated rings. The minimum Gasteiger partial charge on any atom is -0.426 e. The molecule has 1 N–H and O–H groups in total. The van der Waals surface area contributed by atoms with Crippen molar-refractivity contribution in [3.05, 3.63) is 53.7 Å². The monoisotopic (exact) mass is 270 g/mol. The Hall–Kier alpha value is -2.69. The zero-order valence-electron chi connectivity index (χ0n) is 11.2. The summed E-state index contributed by atoms with van der Waals surface area (Å²) in [6.45, 7) is 3.20. The van der Waals surface area contributed by atoms with Crippen LogP contribution in [0.5, 0.6) is 5.75 Å². The molecule has 5 heteroatoms. The second kappa shape index (κ2) is 5.97. The van der Waals surface area contributed by atoms with Crippen LogP contribution >= 0.6 is 0 Å². The van der Waals surface area contributed by atoms with Gasteiger partial charge in [0, 0.05) is 13.1 Å². The van der Waals surface area contributed by atoms with Gasteiger partial charge in [-0.05, 0) is 36.8 Å². The highest BCUT2D eigenvalue weighted by atomic mass is 16.5. The lowest BCUT2D eigenvalue weighted by Crippen LogP contribution is -2.15. The Morgan fingerprint density at radius 2 is 1.95 bits per heavy atom. The Kier molecular flexibility index (Phi) is 4.10. The summed E-state index contributed by atoms with van der Waals surface area (Å²) in [5.74, 6) is -0.170. The van der Waals surface area contributed by atoms with Crippen LogP contribution in [0.15, 0.2) is 42.6 Å². The molecule has 1 amide bonds. The van der Waals surface area contributed by atoms with E-state index in [1.807, 2.05) is 13.0 Å². The Morgan fingerprint density at radius 1 is 1.20 bits per heavy atom. The minimum absolute atomic E-state index is 0.227. The highest BCUT2D eigenvalue weighted by Gasteiger charge is 2.14. The molecule has 0 spiro atoms. The van der Waals surface area contributed by atoms with E-state index in [9.17, 15) is 9.59 Å². The van der Waals surface area contributed by atoms with Gasteiger partial charge >= 0.3 is 5.97 Å². The third kappa shape index (κ3) is 3.41. The molecule has 0 unspecified atom stereocenters. The quantitative estimate of drug-likeness (QED) is 0.687. The van der Waals surface area contributed by atoms with Crippen LogP contribution in [0.3, 0.4) is 0 Å². The van der Waals surface area contributed by atoms with Crippen molar-refractivity contribution >= 4 is 17.7 Å².